The molecule has 0 fully saturated rings. The molecule has 0 rings (SSSR count). The van der Waals surface area contributed by atoms with E-state index in [1.165, 1.54) is 0 Å². The van der Waals surface area contributed by atoms with E-state index < -0.39 is 23.1 Å². The minimum Gasteiger partial charge on any atom is -0.295 e. The van der Waals surface area contributed by atoms with E-state index in [0.29, 0.717) is 12.8 Å². The largest absolute Gasteiger partial charge is 0.347 e. The van der Waals surface area contributed by atoms with Gasteiger partial charge in [-0.25, -0.2) is 9.59 Å². The van der Waals surface area contributed by atoms with Gasteiger partial charge >= 0.3 is 11.9 Å². The van der Waals surface area contributed by atoms with Crippen molar-refractivity contribution in [2.45, 2.75) is 106 Å². The molecule has 0 radical (unpaired) electrons. The van der Waals surface area contributed by atoms with E-state index in [0.717, 1.165) is 38.5 Å². The summed E-state index contributed by atoms with van der Waals surface area (Å²) in [7, 11) is 0. The molecular weight excluding hydrogens is 336 g/mol. The number of carbonyl (C=O) groups excluding carboxylic acids is 2. The highest BCUT2D eigenvalue weighted by molar-refractivity contribution is 5.74. The van der Waals surface area contributed by atoms with Crippen molar-refractivity contribution < 1.29 is 29.1 Å². The van der Waals surface area contributed by atoms with Gasteiger partial charge in [0, 0.05) is 6.42 Å². The highest BCUT2D eigenvalue weighted by Crippen LogP contribution is 2.25. The van der Waals surface area contributed by atoms with Crippen molar-refractivity contribution in [3.05, 3.63) is 0 Å². The summed E-state index contributed by atoms with van der Waals surface area (Å²) in [6.07, 6.45) is 6.66. The van der Waals surface area contributed by atoms with Crippen LogP contribution >= 0.6 is 0 Å². The number of hydrogen-bond donors (Lipinski definition) is 0. The Hall–Kier alpha value is -1.14. The molecule has 0 N–H and O–H groups in total. The fourth-order valence-corrected chi connectivity index (χ4v) is 2.18. The van der Waals surface area contributed by atoms with Crippen molar-refractivity contribution in [2.24, 2.45) is 11.3 Å². The SMILES string of the molecule is CCCCCC(C)(OOC(=O)C(CC)CCCC)OOC(=O)C(C)(C)C. The lowest BCUT2D eigenvalue weighted by molar-refractivity contribution is -0.479. The third-order valence-corrected chi connectivity index (χ3v) is 4.17. The predicted octanol–water partition coefficient (Wildman–Crippen LogP) is 5.50. The summed E-state index contributed by atoms with van der Waals surface area (Å²) in [5.74, 6) is -2.45. The lowest BCUT2D eigenvalue weighted by Crippen LogP contribution is -2.37. The summed E-state index contributed by atoms with van der Waals surface area (Å²) in [4.78, 5) is 44.7. The summed E-state index contributed by atoms with van der Waals surface area (Å²) in [6.45, 7) is 12.9. The van der Waals surface area contributed by atoms with E-state index in [9.17, 15) is 9.59 Å². The molecule has 2 unspecified atom stereocenters. The van der Waals surface area contributed by atoms with Gasteiger partial charge in [0.2, 0.25) is 0 Å². The average Bonchev–Trinajstić information content (AvgIpc) is 2.58. The first-order chi connectivity index (χ1) is 12.1. The Morgan fingerprint density at radius 2 is 1.42 bits per heavy atom. The highest BCUT2D eigenvalue weighted by atomic mass is 17.3. The molecule has 6 nitrogen and oxygen atoms in total. The molecule has 0 heterocycles. The van der Waals surface area contributed by atoms with Crippen molar-refractivity contribution in [3.63, 3.8) is 0 Å². The molecule has 0 saturated carbocycles. The summed E-state index contributed by atoms with van der Waals surface area (Å²) in [5.41, 5.74) is -0.700. The van der Waals surface area contributed by atoms with Gasteiger partial charge in [-0.05, 0) is 47.0 Å². The van der Waals surface area contributed by atoms with Gasteiger partial charge in [-0.2, -0.15) is 0 Å². The first-order valence-electron chi connectivity index (χ1n) is 9.89. The van der Waals surface area contributed by atoms with Gasteiger partial charge in [0.05, 0.1) is 11.3 Å². The Labute approximate surface area is 158 Å². The molecule has 0 aromatic carbocycles. The Bertz CT molecular complexity index is 415. The normalized spacial score (nSPS) is 15.2. The molecule has 0 aromatic heterocycles. The van der Waals surface area contributed by atoms with E-state index in [2.05, 4.69) is 13.8 Å². The van der Waals surface area contributed by atoms with Crippen LogP contribution in [0.15, 0.2) is 0 Å². The number of hydrogen-bond acceptors (Lipinski definition) is 6. The van der Waals surface area contributed by atoms with Crippen LogP contribution in [0.3, 0.4) is 0 Å². The third-order valence-electron chi connectivity index (χ3n) is 4.17. The van der Waals surface area contributed by atoms with Gasteiger partial charge in [0.1, 0.15) is 0 Å². The quantitative estimate of drug-likeness (QED) is 0.184. The second-order valence-electron chi connectivity index (χ2n) is 8.03. The Morgan fingerprint density at radius 1 is 0.846 bits per heavy atom. The zero-order valence-electron chi connectivity index (χ0n) is 17.7. The maximum Gasteiger partial charge on any atom is 0.347 e. The Morgan fingerprint density at radius 3 is 1.92 bits per heavy atom. The smallest absolute Gasteiger partial charge is 0.295 e. The highest BCUT2D eigenvalue weighted by Gasteiger charge is 2.35. The molecule has 0 saturated heterocycles. The summed E-state index contributed by atoms with van der Waals surface area (Å²) in [5, 5.41) is 0. The van der Waals surface area contributed by atoms with E-state index in [-0.39, 0.29) is 5.92 Å². The topological polar surface area (TPSA) is 71.1 Å². The maximum absolute atomic E-state index is 12.2. The van der Waals surface area contributed by atoms with E-state index in [1.54, 1.807) is 27.7 Å². The molecule has 26 heavy (non-hydrogen) atoms. The van der Waals surface area contributed by atoms with Crippen LogP contribution in [0.1, 0.15) is 99.8 Å². The van der Waals surface area contributed by atoms with Crippen molar-refractivity contribution in [1.82, 2.24) is 0 Å². The minimum atomic E-state index is -1.32. The van der Waals surface area contributed by atoms with Crippen molar-refractivity contribution in [3.8, 4) is 0 Å². The van der Waals surface area contributed by atoms with Gasteiger partial charge < -0.3 is 0 Å². The molecule has 0 aliphatic heterocycles. The molecule has 0 aliphatic rings. The van der Waals surface area contributed by atoms with E-state index in [4.69, 9.17) is 19.6 Å². The summed E-state index contributed by atoms with van der Waals surface area (Å²) >= 11 is 0. The third kappa shape index (κ3) is 10.1. The standard InChI is InChI=1S/C20H38O6/c1-8-11-13-15-20(7,26-24-18(22)19(4,5)6)25-23-17(21)16(10-3)14-12-9-2/h16H,8-15H2,1-7H3. The molecule has 0 aliphatic carbocycles. The first kappa shape index (κ1) is 24.9. The van der Waals surface area contributed by atoms with Gasteiger partial charge in [0.25, 0.3) is 5.79 Å². The second kappa shape index (κ2) is 12.3. The lowest BCUT2D eigenvalue weighted by atomic mass is 9.98. The van der Waals surface area contributed by atoms with Crippen LogP contribution in [0.25, 0.3) is 0 Å². The van der Waals surface area contributed by atoms with Crippen molar-refractivity contribution in [1.29, 1.82) is 0 Å². The summed E-state index contributed by atoms with van der Waals surface area (Å²) < 4.78 is 0. The minimum absolute atomic E-state index is 0.202. The van der Waals surface area contributed by atoms with Crippen molar-refractivity contribution in [2.75, 3.05) is 0 Å². The number of rotatable bonds is 13. The maximum atomic E-state index is 12.2. The first-order valence-corrected chi connectivity index (χ1v) is 9.89. The molecular formula is C20H38O6. The van der Waals surface area contributed by atoms with E-state index in [1.807, 2.05) is 6.92 Å². The van der Waals surface area contributed by atoms with Crippen LogP contribution in [0.2, 0.25) is 0 Å². The molecule has 2 atom stereocenters. The molecule has 6 heteroatoms. The van der Waals surface area contributed by atoms with Gasteiger partial charge in [-0.3, -0.25) is 9.78 Å². The van der Waals surface area contributed by atoms with Crippen LogP contribution in [-0.4, -0.2) is 17.7 Å². The van der Waals surface area contributed by atoms with Crippen molar-refractivity contribution >= 4 is 11.9 Å². The van der Waals surface area contributed by atoms with Crippen LogP contribution in [0, 0.1) is 11.3 Å². The number of unbranched alkanes of at least 4 members (excludes halogenated alkanes) is 3. The van der Waals surface area contributed by atoms with Gasteiger partial charge in [-0.15, -0.1) is 9.78 Å². The Kier molecular flexibility index (Phi) is 11.7. The Balaban J connectivity index is 4.79. The zero-order chi connectivity index (χ0) is 20.2. The molecule has 0 amide bonds. The van der Waals surface area contributed by atoms with Gasteiger partial charge in [-0.1, -0.05) is 46.5 Å². The van der Waals surface area contributed by atoms with E-state index >= 15 is 0 Å². The molecule has 0 aromatic rings. The second-order valence-corrected chi connectivity index (χ2v) is 8.03. The lowest BCUT2D eigenvalue weighted by Gasteiger charge is -2.27. The van der Waals surface area contributed by atoms with Crippen LogP contribution in [0.5, 0.6) is 0 Å². The fraction of sp³-hybridized carbons (Fsp3) is 0.900. The van der Waals surface area contributed by atoms with Gasteiger partial charge in [0.15, 0.2) is 0 Å². The van der Waals surface area contributed by atoms with Crippen LogP contribution in [-0.2, 0) is 29.1 Å². The van der Waals surface area contributed by atoms with Crippen LogP contribution < -0.4 is 0 Å². The zero-order valence-corrected chi connectivity index (χ0v) is 17.7. The fourth-order valence-electron chi connectivity index (χ4n) is 2.18. The summed E-state index contributed by atoms with van der Waals surface area (Å²) in [6, 6.07) is 0. The average molecular weight is 375 g/mol. The molecule has 154 valence electrons. The monoisotopic (exact) mass is 374 g/mol. The van der Waals surface area contributed by atoms with Crippen LogP contribution in [0.4, 0.5) is 0 Å². The molecule has 0 spiro atoms. The number of carbonyl (C=O) groups is 2. The predicted molar refractivity (Wildman–Crippen MR) is 99.7 cm³/mol. The molecule has 0 bridgehead atoms.